The third kappa shape index (κ3) is 4.52. The number of nitrogens with zero attached hydrogens (tertiary/aromatic N) is 2. The number of amides is 1. The Kier molecular flexibility index (Phi) is 6.77. The van der Waals surface area contributed by atoms with Gasteiger partial charge in [-0.25, -0.2) is 4.79 Å². The normalized spacial score (nSPS) is 21.8. The van der Waals surface area contributed by atoms with Gasteiger partial charge in [0, 0.05) is 34.4 Å². The van der Waals surface area contributed by atoms with Crippen molar-refractivity contribution in [3.63, 3.8) is 0 Å². The van der Waals surface area contributed by atoms with Gasteiger partial charge in [-0.2, -0.15) is 0 Å². The second-order valence-electron chi connectivity index (χ2n) is 8.22. The minimum Gasteiger partial charge on any atom is -0.477 e. The van der Waals surface area contributed by atoms with E-state index in [4.69, 9.17) is 5.73 Å². The molecule has 1 amide bonds. The molecule has 2 unspecified atom stereocenters. The Morgan fingerprint density at radius 1 is 1.09 bits per heavy atom. The maximum Gasteiger partial charge on any atom is 0.353 e. The molecule has 2 aromatic carbocycles. The van der Waals surface area contributed by atoms with Crippen LogP contribution < -0.4 is 5.73 Å². The van der Waals surface area contributed by atoms with E-state index >= 15 is 0 Å². The first-order chi connectivity index (χ1) is 17.1. The molecule has 2 aliphatic rings. The molecule has 8 heteroatoms. The monoisotopic (exact) mass is 502 g/mol. The van der Waals surface area contributed by atoms with Crippen LogP contribution in [0.4, 0.5) is 0 Å². The number of carboxylic acids is 1. The number of carboxylic acid groups (broad SMARTS) is 1. The van der Waals surface area contributed by atoms with Crippen LogP contribution in [0.25, 0.3) is 6.08 Å². The van der Waals surface area contributed by atoms with Crippen LogP contribution in [0.3, 0.4) is 0 Å². The van der Waals surface area contributed by atoms with E-state index < -0.39 is 22.9 Å². The van der Waals surface area contributed by atoms with E-state index in [0.717, 1.165) is 16.7 Å². The lowest BCUT2D eigenvalue weighted by molar-refractivity contribution is -0.148. The number of fused-ring (bicyclic) bond motifs is 1. The maximum absolute atomic E-state index is 12.9. The number of aromatic nitrogens is 1. The van der Waals surface area contributed by atoms with E-state index in [9.17, 15) is 14.7 Å². The average molecular weight is 503 g/mol. The van der Waals surface area contributed by atoms with E-state index in [1.807, 2.05) is 60.0 Å². The Bertz CT molecular complexity index is 1240. The van der Waals surface area contributed by atoms with Gasteiger partial charge in [-0.3, -0.25) is 14.7 Å². The number of carbonyl (C=O) groups is 2. The van der Waals surface area contributed by atoms with E-state index in [0.29, 0.717) is 10.7 Å². The number of nitrogens with two attached hydrogens (primary N) is 1. The number of aliphatic carboxylic acids is 1. The Hall–Kier alpha value is -3.33. The lowest BCUT2D eigenvalue weighted by Gasteiger charge is -2.47. The van der Waals surface area contributed by atoms with E-state index in [1.165, 1.54) is 16.7 Å². The molecule has 0 radical (unpaired) electrons. The van der Waals surface area contributed by atoms with Crippen molar-refractivity contribution in [3.05, 3.63) is 118 Å². The van der Waals surface area contributed by atoms with Gasteiger partial charge in [0.25, 0.3) is 5.91 Å². The summed E-state index contributed by atoms with van der Waals surface area (Å²) in [5, 5.41) is 11.6. The summed E-state index contributed by atoms with van der Waals surface area (Å²) >= 11 is 1.35. The van der Waals surface area contributed by atoms with Gasteiger partial charge in [-0.15, -0.1) is 0 Å². The molecule has 1 saturated heterocycles. The van der Waals surface area contributed by atoms with Crippen LogP contribution in [0.15, 0.2) is 101 Å². The number of benzene rings is 2. The molecule has 35 heavy (non-hydrogen) atoms. The highest BCUT2D eigenvalue weighted by atomic mass is 32.2. The summed E-state index contributed by atoms with van der Waals surface area (Å²) in [5.74, 6) is -0.911. The third-order valence-electron chi connectivity index (χ3n) is 6.06. The first kappa shape index (κ1) is 23.4. The molecular formula is C27H24N3O3S2+. The largest absolute Gasteiger partial charge is 0.477 e. The summed E-state index contributed by atoms with van der Waals surface area (Å²) in [6.45, 7) is 0. The summed E-state index contributed by atoms with van der Waals surface area (Å²) < 4.78 is 0. The first-order valence-corrected chi connectivity index (χ1v) is 13.5. The third-order valence-corrected chi connectivity index (χ3v) is 10.0. The fourth-order valence-corrected chi connectivity index (χ4v) is 8.90. The predicted molar refractivity (Wildman–Crippen MR) is 141 cm³/mol. The second kappa shape index (κ2) is 10.1. The van der Waals surface area contributed by atoms with Crippen LogP contribution in [0.1, 0.15) is 21.9 Å². The number of β-lactam (4-membered cyclic amide) rings is 1. The van der Waals surface area contributed by atoms with Gasteiger partial charge < -0.3 is 10.8 Å². The summed E-state index contributed by atoms with van der Waals surface area (Å²) in [6.07, 6.45) is 5.34. The highest BCUT2D eigenvalue weighted by Crippen LogP contribution is 2.47. The number of pyridine rings is 1. The van der Waals surface area contributed by atoms with E-state index in [1.54, 1.807) is 12.4 Å². The van der Waals surface area contributed by atoms with Gasteiger partial charge >= 0.3 is 5.97 Å². The molecular weight excluding hydrogens is 478 g/mol. The van der Waals surface area contributed by atoms with E-state index in [-0.39, 0.29) is 22.2 Å². The SMILES string of the molecule is NC1C(=O)N2C(C(=O)O)=C(S/C=C\c3cccnc3)C[S+](C(c3ccccc3)c3ccccc3)[C@H]12. The zero-order chi connectivity index (χ0) is 24.4. The number of hydrogen-bond donors (Lipinski definition) is 2. The zero-order valence-corrected chi connectivity index (χ0v) is 20.4. The van der Waals surface area contributed by atoms with Gasteiger partial charge in [0.15, 0.2) is 11.3 Å². The number of hydrogen-bond acceptors (Lipinski definition) is 5. The average Bonchev–Trinajstić information content (AvgIpc) is 2.89. The molecule has 3 N–H and O–H groups in total. The van der Waals surface area contributed by atoms with Crippen molar-refractivity contribution in [3.8, 4) is 0 Å². The summed E-state index contributed by atoms with van der Waals surface area (Å²) in [4.78, 5) is 31.4. The van der Waals surface area contributed by atoms with Crippen molar-refractivity contribution >= 4 is 40.6 Å². The van der Waals surface area contributed by atoms with Gasteiger partial charge in [0.05, 0.1) is 4.91 Å². The van der Waals surface area contributed by atoms with Crippen molar-refractivity contribution in [1.82, 2.24) is 9.88 Å². The number of rotatable bonds is 7. The van der Waals surface area contributed by atoms with Gasteiger partial charge in [0.2, 0.25) is 5.37 Å². The van der Waals surface area contributed by atoms with Crippen molar-refractivity contribution in [2.75, 3.05) is 5.75 Å². The highest BCUT2D eigenvalue weighted by Gasteiger charge is 2.63. The molecule has 0 aliphatic carbocycles. The molecule has 0 saturated carbocycles. The molecule has 1 aromatic heterocycles. The van der Waals surface area contributed by atoms with Crippen LogP contribution in [-0.4, -0.2) is 44.0 Å². The fraction of sp³-hybridized carbons (Fsp3) is 0.148. The molecule has 3 aromatic rings. The fourth-order valence-electron chi connectivity index (χ4n) is 4.49. The minimum atomic E-state index is -1.10. The summed E-state index contributed by atoms with van der Waals surface area (Å²) in [7, 11) is -0.447. The molecule has 3 heterocycles. The predicted octanol–water partition coefficient (Wildman–Crippen LogP) is 4.00. The molecule has 6 nitrogen and oxygen atoms in total. The zero-order valence-electron chi connectivity index (χ0n) is 18.7. The summed E-state index contributed by atoms with van der Waals surface area (Å²) in [5.41, 5.74) is 9.53. The van der Waals surface area contributed by atoms with Crippen molar-refractivity contribution in [2.45, 2.75) is 16.7 Å². The van der Waals surface area contributed by atoms with Crippen LogP contribution >= 0.6 is 11.8 Å². The Morgan fingerprint density at radius 2 is 1.74 bits per heavy atom. The second-order valence-corrected chi connectivity index (χ2v) is 11.4. The van der Waals surface area contributed by atoms with Crippen molar-refractivity contribution in [2.24, 2.45) is 5.73 Å². The standard InChI is InChI=1S/C27H23N3O3S2/c28-22-25(31)30-23(27(32)33)21(34-15-13-18-8-7-14-29-16-18)17-35(26(22)30)24(19-9-3-1-4-10-19)20-11-5-2-6-12-20/h1-16,22,24,26H,17,28H2/p+1/b15-13-/t22?,26-,35?/m1/s1. The lowest BCUT2D eigenvalue weighted by atomic mass is 10.0. The molecule has 2 aliphatic heterocycles. The smallest absolute Gasteiger partial charge is 0.353 e. The molecule has 176 valence electrons. The van der Waals surface area contributed by atoms with Crippen molar-refractivity contribution in [1.29, 1.82) is 0 Å². The molecule has 3 atom stereocenters. The Balaban J connectivity index is 1.57. The van der Waals surface area contributed by atoms with Crippen molar-refractivity contribution < 1.29 is 14.7 Å². The van der Waals surface area contributed by atoms with Crippen LogP contribution in [0.2, 0.25) is 0 Å². The van der Waals surface area contributed by atoms with Crippen LogP contribution in [0, 0.1) is 0 Å². The Labute approximate surface area is 210 Å². The quantitative estimate of drug-likeness (QED) is 0.375. The van der Waals surface area contributed by atoms with Crippen LogP contribution in [0.5, 0.6) is 0 Å². The maximum atomic E-state index is 12.9. The summed E-state index contributed by atoms with van der Waals surface area (Å²) in [6, 6.07) is 23.4. The molecule has 5 rings (SSSR count). The topological polar surface area (TPSA) is 96.5 Å². The minimum absolute atomic E-state index is 0.0164. The molecule has 0 spiro atoms. The lowest BCUT2D eigenvalue weighted by Crippen LogP contribution is -2.73. The Morgan fingerprint density at radius 3 is 2.31 bits per heavy atom. The number of thioether (sulfide) groups is 1. The van der Waals surface area contributed by atoms with Gasteiger partial charge in [-0.05, 0) is 23.1 Å². The van der Waals surface area contributed by atoms with Gasteiger partial charge in [-0.1, -0.05) is 78.5 Å². The molecule has 0 bridgehead atoms. The first-order valence-electron chi connectivity index (χ1n) is 11.1. The number of carbonyl (C=O) groups excluding carboxylic acids is 1. The highest BCUT2D eigenvalue weighted by molar-refractivity contribution is 8.07. The van der Waals surface area contributed by atoms with E-state index in [2.05, 4.69) is 29.2 Å². The van der Waals surface area contributed by atoms with Crippen LogP contribution in [-0.2, 0) is 20.5 Å². The molecule has 1 fully saturated rings. The van der Waals surface area contributed by atoms with Gasteiger partial charge in [0.1, 0.15) is 11.4 Å².